The molecule has 0 amide bonds. The van der Waals surface area contributed by atoms with Gasteiger partial charge in [-0.1, -0.05) is 115 Å². The molecule has 0 N–H and O–H groups in total. The zero-order valence-electron chi connectivity index (χ0n) is 27.0. The maximum absolute atomic E-state index is 6.14. The van der Waals surface area contributed by atoms with Gasteiger partial charge in [-0.2, -0.15) is 0 Å². The molecule has 0 aliphatic heterocycles. The summed E-state index contributed by atoms with van der Waals surface area (Å²) in [7, 11) is 0. The molecule has 3 aromatic heterocycles. The first kappa shape index (κ1) is 28.3. The van der Waals surface area contributed by atoms with Gasteiger partial charge in [-0.3, -0.25) is 0 Å². The maximum Gasteiger partial charge on any atom is 0.160 e. The Hall–Kier alpha value is -6.78. The number of fused-ring (bicyclic) bond motifs is 6. The van der Waals surface area contributed by atoms with Crippen molar-refractivity contribution in [2.24, 2.45) is 0 Å². The molecule has 0 spiro atoms. The number of nitrogens with zero attached hydrogens (tertiary/aromatic N) is 3. The Labute approximate surface area is 288 Å². The third-order valence-electron chi connectivity index (χ3n) is 9.65. The largest absolute Gasteiger partial charge is 0.456 e. The van der Waals surface area contributed by atoms with Crippen LogP contribution in [0.25, 0.3) is 94.5 Å². The van der Waals surface area contributed by atoms with Gasteiger partial charge >= 0.3 is 0 Å². The number of hydrogen-bond donors (Lipinski definition) is 0. The Morgan fingerprint density at radius 3 is 1.72 bits per heavy atom. The zero-order valence-corrected chi connectivity index (χ0v) is 27.0. The van der Waals surface area contributed by atoms with E-state index in [4.69, 9.17) is 14.4 Å². The highest BCUT2D eigenvalue weighted by Gasteiger charge is 2.17. The SMILES string of the molecule is c1ccc(-c2cc(-c3ccccc3-c3ccc4oc5ccccc5c4c3)nc(-c3ccc(-n4c5ccccc5c5ccccc54)cc3)n2)cc1. The Kier molecular flexibility index (Phi) is 6.46. The number of hydrogen-bond acceptors (Lipinski definition) is 3. The molecule has 0 fully saturated rings. The molecule has 234 valence electrons. The van der Waals surface area contributed by atoms with Crippen molar-refractivity contribution in [2.75, 3.05) is 0 Å². The summed E-state index contributed by atoms with van der Waals surface area (Å²) >= 11 is 0. The molecule has 0 aliphatic rings. The van der Waals surface area contributed by atoms with E-state index >= 15 is 0 Å². The van der Waals surface area contributed by atoms with Crippen LogP contribution in [0.3, 0.4) is 0 Å². The van der Waals surface area contributed by atoms with Gasteiger partial charge in [0.25, 0.3) is 0 Å². The molecule has 7 aromatic carbocycles. The molecule has 3 heterocycles. The highest BCUT2D eigenvalue weighted by Crippen LogP contribution is 2.38. The molecule has 4 heteroatoms. The molecular weight excluding hydrogens is 611 g/mol. The zero-order chi connectivity index (χ0) is 33.0. The summed E-state index contributed by atoms with van der Waals surface area (Å²) in [6.07, 6.45) is 0. The van der Waals surface area contributed by atoms with Gasteiger partial charge in [0.05, 0.1) is 22.4 Å². The van der Waals surface area contributed by atoms with Gasteiger partial charge in [0.2, 0.25) is 0 Å². The quantitative estimate of drug-likeness (QED) is 0.188. The number of para-hydroxylation sites is 3. The number of furan rings is 1. The van der Waals surface area contributed by atoms with Gasteiger partial charge < -0.3 is 8.98 Å². The van der Waals surface area contributed by atoms with Gasteiger partial charge in [-0.25, -0.2) is 9.97 Å². The van der Waals surface area contributed by atoms with E-state index in [1.54, 1.807) is 0 Å². The lowest BCUT2D eigenvalue weighted by Gasteiger charge is -2.14. The second kappa shape index (κ2) is 11.4. The van der Waals surface area contributed by atoms with E-state index < -0.39 is 0 Å². The van der Waals surface area contributed by atoms with Gasteiger partial charge in [-0.05, 0) is 71.8 Å². The highest BCUT2D eigenvalue weighted by molar-refractivity contribution is 6.09. The molecular formula is C46H29N3O. The van der Waals surface area contributed by atoms with E-state index in [2.05, 4.69) is 162 Å². The molecule has 0 radical (unpaired) electrons. The van der Waals surface area contributed by atoms with Gasteiger partial charge in [0.1, 0.15) is 11.2 Å². The Balaban J connectivity index is 1.12. The second-order valence-electron chi connectivity index (χ2n) is 12.6. The van der Waals surface area contributed by atoms with Crippen LogP contribution >= 0.6 is 0 Å². The van der Waals surface area contributed by atoms with E-state index in [0.29, 0.717) is 5.82 Å². The van der Waals surface area contributed by atoms with Crippen molar-refractivity contribution in [3.05, 3.63) is 176 Å². The fraction of sp³-hybridized carbons (Fsp3) is 0. The average Bonchev–Trinajstić information content (AvgIpc) is 3.74. The third kappa shape index (κ3) is 4.61. The van der Waals surface area contributed by atoms with E-state index in [0.717, 1.165) is 66.8 Å². The minimum Gasteiger partial charge on any atom is -0.456 e. The van der Waals surface area contributed by atoms with Gasteiger partial charge in [0.15, 0.2) is 5.82 Å². The molecule has 0 unspecified atom stereocenters. The normalized spacial score (nSPS) is 11.6. The average molecular weight is 640 g/mol. The predicted molar refractivity (Wildman–Crippen MR) is 205 cm³/mol. The van der Waals surface area contributed by atoms with Gasteiger partial charge in [0, 0.05) is 43.9 Å². The van der Waals surface area contributed by atoms with Crippen molar-refractivity contribution in [3.63, 3.8) is 0 Å². The lowest BCUT2D eigenvalue weighted by atomic mass is 9.95. The first-order valence-electron chi connectivity index (χ1n) is 16.8. The first-order chi connectivity index (χ1) is 24.8. The number of benzene rings is 7. The van der Waals surface area contributed by atoms with Crippen molar-refractivity contribution < 1.29 is 4.42 Å². The van der Waals surface area contributed by atoms with E-state index in [9.17, 15) is 0 Å². The summed E-state index contributed by atoms with van der Waals surface area (Å²) < 4.78 is 8.47. The smallest absolute Gasteiger partial charge is 0.160 e. The van der Waals surface area contributed by atoms with Crippen LogP contribution in [0.5, 0.6) is 0 Å². The van der Waals surface area contributed by atoms with Crippen LogP contribution in [-0.2, 0) is 0 Å². The maximum atomic E-state index is 6.14. The van der Waals surface area contributed by atoms with Crippen molar-refractivity contribution >= 4 is 43.7 Å². The van der Waals surface area contributed by atoms with E-state index in [1.807, 2.05) is 18.2 Å². The first-order valence-corrected chi connectivity index (χ1v) is 16.8. The molecule has 4 nitrogen and oxygen atoms in total. The monoisotopic (exact) mass is 639 g/mol. The highest BCUT2D eigenvalue weighted by atomic mass is 16.3. The molecule has 50 heavy (non-hydrogen) atoms. The summed E-state index contributed by atoms with van der Waals surface area (Å²) in [5, 5.41) is 4.70. The predicted octanol–water partition coefficient (Wildman–Crippen LogP) is 12.1. The molecule has 0 bridgehead atoms. The lowest BCUT2D eigenvalue weighted by molar-refractivity contribution is 0.669. The standard InChI is InChI=1S/C46H29N3O/c1-2-12-30(13-3-1)40-29-41(35-15-5-4-14-34(35)32-24-27-45-39(28-32)38-18-8-11-21-44(38)50-45)48-46(47-40)31-22-25-33(26-23-31)49-42-19-9-6-16-36(42)37-17-7-10-20-43(37)49/h1-29H. The molecule has 0 saturated heterocycles. The Morgan fingerprint density at radius 1 is 0.380 bits per heavy atom. The Morgan fingerprint density at radius 2 is 0.960 bits per heavy atom. The van der Waals surface area contributed by atoms with Crippen LogP contribution in [0.15, 0.2) is 180 Å². The van der Waals surface area contributed by atoms with Crippen LogP contribution in [0.2, 0.25) is 0 Å². The van der Waals surface area contributed by atoms with Crippen molar-refractivity contribution in [2.45, 2.75) is 0 Å². The second-order valence-corrected chi connectivity index (χ2v) is 12.6. The third-order valence-corrected chi connectivity index (χ3v) is 9.65. The lowest BCUT2D eigenvalue weighted by Crippen LogP contribution is -1.98. The number of aromatic nitrogens is 3. The number of rotatable bonds is 5. The fourth-order valence-corrected chi connectivity index (χ4v) is 7.28. The van der Waals surface area contributed by atoms with E-state index in [1.165, 1.54) is 21.8 Å². The summed E-state index contributed by atoms with van der Waals surface area (Å²) in [5.41, 5.74) is 12.2. The minimum atomic E-state index is 0.682. The summed E-state index contributed by atoms with van der Waals surface area (Å²) in [4.78, 5) is 10.4. The molecule has 0 atom stereocenters. The van der Waals surface area contributed by atoms with Crippen molar-refractivity contribution in [1.29, 1.82) is 0 Å². The van der Waals surface area contributed by atoms with Crippen LogP contribution in [0.4, 0.5) is 0 Å². The van der Waals surface area contributed by atoms with Crippen LogP contribution in [-0.4, -0.2) is 14.5 Å². The minimum absolute atomic E-state index is 0.682. The molecule has 0 saturated carbocycles. The summed E-state index contributed by atoms with van der Waals surface area (Å²) in [6, 6.07) is 61.4. The molecule has 10 rings (SSSR count). The van der Waals surface area contributed by atoms with Gasteiger partial charge in [-0.15, -0.1) is 0 Å². The van der Waals surface area contributed by atoms with Crippen molar-refractivity contribution in [3.8, 4) is 50.7 Å². The molecule has 0 aliphatic carbocycles. The van der Waals surface area contributed by atoms with Crippen molar-refractivity contribution in [1.82, 2.24) is 14.5 Å². The van der Waals surface area contributed by atoms with Crippen LogP contribution < -0.4 is 0 Å². The summed E-state index contributed by atoms with van der Waals surface area (Å²) in [5.74, 6) is 0.682. The van der Waals surface area contributed by atoms with Crippen LogP contribution in [0.1, 0.15) is 0 Å². The molecule has 10 aromatic rings. The van der Waals surface area contributed by atoms with E-state index in [-0.39, 0.29) is 0 Å². The summed E-state index contributed by atoms with van der Waals surface area (Å²) in [6.45, 7) is 0. The van der Waals surface area contributed by atoms with Crippen LogP contribution in [0, 0.1) is 0 Å². The Bertz CT molecular complexity index is 2810. The fourth-order valence-electron chi connectivity index (χ4n) is 7.28. The topological polar surface area (TPSA) is 43.9 Å².